The van der Waals surface area contributed by atoms with Crippen LogP contribution in [0.4, 0.5) is 10.1 Å². The zero-order valence-electron chi connectivity index (χ0n) is 13.6. The standard InChI is InChI=1S/C19H16ClFN2O2/c1-12-2-5-14(20)10-16(12)23-18(24)8-9-19-22-11-17(25-19)13-3-6-15(21)7-4-13/h2-7,10-11H,8-9H2,1H3,(H,23,24). The number of anilines is 1. The largest absolute Gasteiger partial charge is 0.441 e. The number of carbonyl (C=O) groups is 1. The van der Waals surface area contributed by atoms with Gasteiger partial charge in [0, 0.05) is 29.1 Å². The predicted molar refractivity (Wildman–Crippen MR) is 95.0 cm³/mol. The van der Waals surface area contributed by atoms with Crippen LogP contribution in [0, 0.1) is 12.7 Å². The summed E-state index contributed by atoms with van der Waals surface area (Å²) in [6.07, 6.45) is 2.17. The predicted octanol–water partition coefficient (Wildman–Crippen LogP) is 5.01. The molecule has 2 aromatic carbocycles. The third kappa shape index (κ3) is 4.45. The average Bonchev–Trinajstić information content (AvgIpc) is 3.06. The first kappa shape index (κ1) is 17.2. The Kier molecular flexibility index (Phi) is 5.14. The van der Waals surface area contributed by atoms with Gasteiger partial charge in [0.15, 0.2) is 11.7 Å². The quantitative estimate of drug-likeness (QED) is 0.697. The van der Waals surface area contributed by atoms with E-state index in [0.29, 0.717) is 28.8 Å². The molecule has 0 aliphatic rings. The summed E-state index contributed by atoms with van der Waals surface area (Å²) < 4.78 is 18.6. The Labute approximate surface area is 149 Å². The Morgan fingerprint density at radius 2 is 2.00 bits per heavy atom. The molecule has 0 saturated heterocycles. The van der Waals surface area contributed by atoms with E-state index in [1.807, 2.05) is 13.0 Å². The molecule has 0 unspecified atom stereocenters. The van der Waals surface area contributed by atoms with Crippen molar-refractivity contribution in [2.45, 2.75) is 19.8 Å². The van der Waals surface area contributed by atoms with Crippen LogP contribution in [0.2, 0.25) is 5.02 Å². The molecule has 3 rings (SSSR count). The van der Waals surface area contributed by atoms with E-state index in [4.69, 9.17) is 16.0 Å². The lowest BCUT2D eigenvalue weighted by Gasteiger charge is -2.08. The highest BCUT2D eigenvalue weighted by molar-refractivity contribution is 6.31. The highest BCUT2D eigenvalue weighted by Crippen LogP contribution is 2.22. The molecule has 3 aromatic rings. The average molecular weight is 359 g/mol. The van der Waals surface area contributed by atoms with E-state index in [0.717, 1.165) is 11.1 Å². The molecular weight excluding hydrogens is 343 g/mol. The van der Waals surface area contributed by atoms with Crippen LogP contribution in [-0.2, 0) is 11.2 Å². The smallest absolute Gasteiger partial charge is 0.224 e. The van der Waals surface area contributed by atoms with E-state index < -0.39 is 0 Å². The Morgan fingerprint density at radius 1 is 1.24 bits per heavy atom. The van der Waals surface area contributed by atoms with Crippen LogP contribution >= 0.6 is 11.6 Å². The van der Waals surface area contributed by atoms with Crippen molar-refractivity contribution in [3.63, 3.8) is 0 Å². The highest BCUT2D eigenvalue weighted by atomic mass is 35.5. The minimum atomic E-state index is -0.309. The molecule has 25 heavy (non-hydrogen) atoms. The van der Waals surface area contributed by atoms with Crippen molar-refractivity contribution in [3.05, 3.63) is 71.0 Å². The monoisotopic (exact) mass is 358 g/mol. The summed E-state index contributed by atoms with van der Waals surface area (Å²) in [4.78, 5) is 16.3. The molecule has 0 spiro atoms. The second-order valence-corrected chi connectivity index (χ2v) is 6.07. The first-order valence-electron chi connectivity index (χ1n) is 7.78. The lowest BCUT2D eigenvalue weighted by molar-refractivity contribution is -0.116. The number of halogens is 2. The van der Waals surface area contributed by atoms with Crippen molar-refractivity contribution in [1.29, 1.82) is 0 Å². The van der Waals surface area contributed by atoms with Gasteiger partial charge in [0.1, 0.15) is 5.82 Å². The van der Waals surface area contributed by atoms with Crippen molar-refractivity contribution in [2.24, 2.45) is 0 Å². The number of amides is 1. The van der Waals surface area contributed by atoms with Crippen molar-refractivity contribution in [3.8, 4) is 11.3 Å². The molecule has 1 amide bonds. The zero-order chi connectivity index (χ0) is 17.8. The van der Waals surface area contributed by atoms with Crippen molar-refractivity contribution in [2.75, 3.05) is 5.32 Å². The second kappa shape index (κ2) is 7.49. The second-order valence-electron chi connectivity index (χ2n) is 5.63. The third-order valence-electron chi connectivity index (χ3n) is 3.72. The maximum Gasteiger partial charge on any atom is 0.224 e. The van der Waals surface area contributed by atoms with Gasteiger partial charge >= 0.3 is 0 Å². The van der Waals surface area contributed by atoms with E-state index in [9.17, 15) is 9.18 Å². The van der Waals surface area contributed by atoms with Crippen LogP contribution in [0.25, 0.3) is 11.3 Å². The maximum atomic E-state index is 13.0. The van der Waals surface area contributed by atoms with Gasteiger partial charge in [-0.25, -0.2) is 9.37 Å². The molecule has 0 aliphatic heterocycles. The minimum absolute atomic E-state index is 0.146. The van der Waals surface area contributed by atoms with Crippen LogP contribution in [0.5, 0.6) is 0 Å². The number of hydrogen-bond acceptors (Lipinski definition) is 3. The SMILES string of the molecule is Cc1ccc(Cl)cc1NC(=O)CCc1ncc(-c2ccc(F)cc2)o1. The number of aryl methyl sites for hydroxylation is 2. The number of nitrogens with one attached hydrogen (secondary N) is 1. The van der Waals surface area contributed by atoms with Crippen LogP contribution in [0.3, 0.4) is 0 Å². The number of hydrogen-bond donors (Lipinski definition) is 1. The Morgan fingerprint density at radius 3 is 2.76 bits per heavy atom. The van der Waals surface area contributed by atoms with Crippen LogP contribution in [-0.4, -0.2) is 10.9 Å². The van der Waals surface area contributed by atoms with Gasteiger partial charge in [-0.3, -0.25) is 4.79 Å². The summed E-state index contributed by atoms with van der Waals surface area (Å²) in [5.41, 5.74) is 2.36. The molecule has 4 nitrogen and oxygen atoms in total. The Bertz CT molecular complexity index is 891. The fourth-order valence-electron chi connectivity index (χ4n) is 2.34. The first-order valence-corrected chi connectivity index (χ1v) is 8.16. The van der Waals surface area contributed by atoms with E-state index in [-0.39, 0.29) is 18.1 Å². The number of rotatable bonds is 5. The lowest BCUT2D eigenvalue weighted by atomic mass is 10.2. The van der Waals surface area contributed by atoms with Gasteiger partial charge in [0.05, 0.1) is 6.20 Å². The molecule has 1 N–H and O–H groups in total. The maximum absolute atomic E-state index is 13.0. The van der Waals surface area contributed by atoms with E-state index in [1.165, 1.54) is 12.1 Å². The Balaban J connectivity index is 1.59. The number of oxazole rings is 1. The van der Waals surface area contributed by atoms with Crippen LogP contribution < -0.4 is 5.32 Å². The lowest BCUT2D eigenvalue weighted by Crippen LogP contribution is -2.13. The fourth-order valence-corrected chi connectivity index (χ4v) is 2.51. The molecule has 0 atom stereocenters. The topological polar surface area (TPSA) is 55.1 Å². The van der Waals surface area contributed by atoms with Gasteiger partial charge in [-0.1, -0.05) is 17.7 Å². The molecule has 1 aromatic heterocycles. The van der Waals surface area contributed by atoms with Gasteiger partial charge in [0.2, 0.25) is 5.91 Å². The normalized spacial score (nSPS) is 10.7. The summed E-state index contributed by atoms with van der Waals surface area (Å²) in [7, 11) is 0. The van der Waals surface area contributed by atoms with Gasteiger partial charge in [-0.05, 0) is 48.9 Å². The van der Waals surface area contributed by atoms with Crippen molar-refractivity contribution < 1.29 is 13.6 Å². The Hall–Kier alpha value is -2.66. The molecule has 0 saturated carbocycles. The highest BCUT2D eigenvalue weighted by Gasteiger charge is 2.10. The van der Waals surface area contributed by atoms with Gasteiger partial charge < -0.3 is 9.73 Å². The van der Waals surface area contributed by atoms with Crippen LogP contribution in [0.1, 0.15) is 17.9 Å². The first-order chi connectivity index (χ1) is 12.0. The summed E-state index contributed by atoms with van der Waals surface area (Å²) in [6, 6.07) is 11.3. The number of benzene rings is 2. The molecule has 0 radical (unpaired) electrons. The minimum Gasteiger partial charge on any atom is -0.441 e. The molecule has 6 heteroatoms. The molecule has 1 heterocycles. The molecular formula is C19H16ClFN2O2. The van der Waals surface area contributed by atoms with Gasteiger partial charge in [-0.15, -0.1) is 0 Å². The van der Waals surface area contributed by atoms with Gasteiger partial charge in [0.25, 0.3) is 0 Å². The summed E-state index contributed by atoms with van der Waals surface area (Å²) in [5.74, 6) is 0.543. The third-order valence-corrected chi connectivity index (χ3v) is 3.96. The zero-order valence-corrected chi connectivity index (χ0v) is 14.3. The van der Waals surface area contributed by atoms with Gasteiger partial charge in [-0.2, -0.15) is 0 Å². The number of carbonyl (C=O) groups excluding carboxylic acids is 1. The molecule has 0 bridgehead atoms. The van der Waals surface area contributed by atoms with E-state index >= 15 is 0 Å². The van der Waals surface area contributed by atoms with Crippen molar-refractivity contribution in [1.82, 2.24) is 4.98 Å². The van der Waals surface area contributed by atoms with E-state index in [1.54, 1.807) is 30.5 Å². The van der Waals surface area contributed by atoms with Crippen molar-refractivity contribution >= 4 is 23.2 Å². The van der Waals surface area contributed by atoms with Crippen LogP contribution in [0.15, 0.2) is 53.1 Å². The molecule has 0 fully saturated rings. The molecule has 0 aliphatic carbocycles. The molecule has 128 valence electrons. The summed E-state index contributed by atoms with van der Waals surface area (Å²) in [6.45, 7) is 1.90. The number of aromatic nitrogens is 1. The van der Waals surface area contributed by atoms with E-state index in [2.05, 4.69) is 10.3 Å². The summed E-state index contributed by atoms with van der Waals surface area (Å²) >= 11 is 5.94. The summed E-state index contributed by atoms with van der Waals surface area (Å²) in [5, 5.41) is 3.40. The number of nitrogens with zero attached hydrogens (tertiary/aromatic N) is 1. The fraction of sp³-hybridized carbons (Fsp3) is 0.158.